The molecule has 18 heavy (non-hydrogen) atoms. The van der Waals surface area contributed by atoms with E-state index in [-0.39, 0.29) is 28.6 Å². The van der Waals surface area contributed by atoms with E-state index >= 15 is 0 Å². The van der Waals surface area contributed by atoms with Gasteiger partial charge in [0.05, 0.1) is 5.56 Å². The van der Waals surface area contributed by atoms with Crippen LogP contribution in [0.3, 0.4) is 0 Å². The van der Waals surface area contributed by atoms with Crippen LogP contribution in [0.15, 0.2) is 12.1 Å². The molecule has 1 amide bonds. The van der Waals surface area contributed by atoms with Crippen molar-refractivity contribution in [3.05, 3.63) is 34.6 Å². The highest BCUT2D eigenvalue weighted by Gasteiger charge is 2.37. The molecule has 1 heterocycles. The molecule has 0 bridgehead atoms. The number of hydrogen-bond donors (Lipinski definition) is 0. The molecule has 0 N–H and O–H groups in total. The summed E-state index contributed by atoms with van der Waals surface area (Å²) in [7, 11) is 1.73. The summed E-state index contributed by atoms with van der Waals surface area (Å²) in [6.45, 7) is 8.80. The SMILES string of the molecule is CC(C)c1cc(F)c2c(c1)C(C)(C)CN(C)C2=O. The molecule has 0 fully saturated rings. The minimum atomic E-state index is -0.388. The van der Waals surface area contributed by atoms with Crippen molar-refractivity contribution in [3.63, 3.8) is 0 Å². The van der Waals surface area contributed by atoms with Crippen molar-refractivity contribution >= 4 is 5.91 Å². The first-order chi connectivity index (χ1) is 8.24. The zero-order valence-electron chi connectivity index (χ0n) is 11.7. The Hall–Kier alpha value is -1.38. The first-order valence-electron chi connectivity index (χ1n) is 6.33. The van der Waals surface area contributed by atoms with Gasteiger partial charge < -0.3 is 4.90 Å². The largest absolute Gasteiger partial charge is 0.341 e. The Morgan fingerprint density at radius 1 is 1.33 bits per heavy atom. The second-order valence-electron chi connectivity index (χ2n) is 6.13. The van der Waals surface area contributed by atoms with Crippen LogP contribution in [-0.4, -0.2) is 24.4 Å². The molecule has 0 unspecified atom stereocenters. The summed E-state index contributed by atoms with van der Waals surface area (Å²) in [5.41, 5.74) is 1.84. The molecule has 2 rings (SSSR count). The first-order valence-corrected chi connectivity index (χ1v) is 6.33. The fourth-order valence-electron chi connectivity index (χ4n) is 2.65. The number of rotatable bonds is 1. The molecule has 1 aliphatic rings. The van der Waals surface area contributed by atoms with Gasteiger partial charge >= 0.3 is 0 Å². The number of carbonyl (C=O) groups is 1. The van der Waals surface area contributed by atoms with Gasteiger partial charge in [0.15, 0.2) is 0 Å². The third-order valence-corrected chi connectivity index (χ3v) is 3.70. The molecular formula is C15H20FNO. The second-order valence-corrected chi connectivity index (χ2v) is 6.13. The van der Waals surface area contributed by atoms with Gasteiger partial charge in [0.2, 0.25) is 0 Å². The van der Waals surface area contributed by atoms with Crippen molar-refractivity contribution < 1.29 is 9.18 Å². The number of benzene rings is 1. The number of likely N-dealkylation sites (N-methyl/N-ethyl adjacent to an activating group) is 1. The molecule has 98 valence electrons. The zero-order chi connectivity index (χ0) is 13.7. The lowest BCUT2D eigenvalue weighted by molar-refractivity contribution is 0.0731. The summed E-state index contributed by atoms with van der Waals surface area (Å²) in [5.74, 6) is -0.340. The van der Waals surface area contributed by atoms with Gasteiger partial charge in [0.1, 0.15) is 5.82 Å². The molecular weight excluding hydrogens is 229 g/mol. The summed E-state index contributed by atoms with van der Waals surface area (Å²) in [5, 5.41) is 0. The van der Waals surface area contributed by atoms with Crippen molar-refractivity contribution in [2.24, 2.45) is 0 Å². The number of fused-ring (bicyclic) bond motifs is 1. The van der Waals surface area contributed by atoms with Gasteiger partial charge in [-0.2, -0.15) is 0 Å². The maximum absolute atomic E-state index is 14.2. The topological polar surface area (TPSA) is 20.3 Å². The summed E-state index contributed by atoms with van der Waals surface area (Å²) < 4.78 is 14.2. The van der Waals surface area contributed by atoms with E-state index in [1.807, 2.05) is 19.9 Å². The molecule has 0 atom stereocenters. The number of carbonyl (C=O) groups excluding carboxylic acids is 1. The standard InChI is InChI=1S/C15H20FNO/c1-9(2)10-6-11-13(12(16)7-10)14(18)17(5)8-15(11,3)4/h6-7,9H,8H2,1-5H3. The smallest absolute Gasteiger partial charge is 0.256 e. The van der Waals surface area contributed by atoms with Gasteiger partial charge in [-0.15, -0.1) is 0 Å². The predicted octanol–water partition coefficient (Wildman–Crippen LogP) is 3.31. The van der Waals surface area contributed by atoms with Crippen molar-refractivity contribution in [3.8, 4) is 0 Å². The first kappa shape index (κ1) is 13.1. The van der Waals surface area contributed by atoms with Gasteiger partial charge in [0.25, 0.3) is 5.91 Å². The third kappa shape index (κ3) is 1.92. The quantitative estimate of drug-likeness (QED) is 0.747. The number of halogens is 1. The van der Waals surface area contributed by atoms with Gasteiger partial charge in [-0.25, -0.2) is 4.39 Å². The Bertz CT molecular complexity index is 505. The number of amides is 1. The summed E-state index contributed by atoms with van der Waals surface area (Å²) in [4.78, 5) is 13.7. The monoisotopic (exact) mass is 249 g/mol. The van der Waals surface area contributed by atoms with Crippen LogP contribution < -0.4 is 0 Å². The normalized spacial score (nSPS) is 18.2. The molecule has 2 nitrogen and oxygen atoms in total. The van der Waals surface area contributed by atoms with E-state index in [4.69, 9.17) is 0 Å². The predicted molar refractivity (Wildman–Crippen MR) is 70.5 cm³/mol. The minimum Gasteiger partial charge on any atom is -0.341 e. The van der Waals surface area contributed by atoms with Crippen LogP contribution in [0.2, 0.25) is 0 Å². The van der Waals surface area contributed by atoms with E-state index in [9.17, 15) is 9.18 Å². The Morgan fingerprint density at radius 2 is 1.94 bits per heavy atom. The van der Waals surface area contributed by atoms with Crippen LogP contribution in [0.5, 0.6) is 0 Å². The van der Waals surface area contributed by atoms with Crippen LogP contribution in [0, 0.1) is 5.82 Å². The molecule has 0 radical (unpaired) electrons. The fraction of sp³-hybridized carbons (Fsp3) is 0.533. The maximum atomic E-state index is 14.2. The van der Waals surface area contributed by atoms with Crippen molar-refractivity contribution in [1.29, 1.82) is 0 Å². The Labute approximate surface area is 108 Å². The minimum absolute atomic E-state index is 0.205. The van der Waals surface area contributed by atoms with Gasteiger partial charge in [-0.05, 0) is 23.1 Å². The lowest BCUT2D eigenvalue weighted by Gasteiger charge is -2.38. The van der Waals surface area contributed by atoms with Crippen molar-refractivity contribution in [2.45, 2.75) is 39.0 Å². The van der Waals surface area contributed by atoms with Crippen LogP contribution in [-0.2, 0) is 5.41 Å². The third-order valence-electron chi connectivity index (χ3n) is 3.70. The van der Waals surface area contributed by atoms with Gasteiger partial charge in [-0.3, -0.25) is 4.79 Å². The lowest BCUT2D eigenvalue weighted by Crippen LogP contribution is -2.45. The summed E-state index contributed by atoms with van der Waals surface area (Å²) >= 11 is 0. The van der Waals surface area contributed by atoms with Gasteiger partial charge in [-0.1, -0.05) is 33.8 Å². The fourth-order valence-corrected chi connectivity index (χ4v) is 2.65. The summed E-state index contributed by atoms with van der Waals surface area (Å²) in [6.07, 6.45) is 0. The van der Waals surface area contributed by atoms with E-state index in [1.54, 1.807) is 11.9 Å². The molecule has 0 aromatic heterocycles. The van der Waals surface area contributed by atoms with E-state index in [0.29, 0.717) is 6.54 Å². The van der Waals surface area contributed by atoms with E-state index in [2.05, 4.69) is 13.8 Å². The molecule has 1 aromatic rings. The molecule has 0 aliphatic carbocycles. The molecule has 1 aliphatic heterocycles. The highest BCUT2D eigenvalue weighted by Crippen LogP contribution is 2.36. The molecule has 0 spiro atoms. The number of hydrogen-bond acceptors (Lipinski definition) is 1. The van der Waals surface area contributed by atoms with Crippen molar-refractivity contribution in [1.82, 2.24) is 4.90 Å². The molecule has 0 saturated heterocycles. The van der Waals surface area contributed by atoms with Crippen LogP contribution in [0.25, 0.3) is 0 Å². The average Bonchev–Trinajstić information content (AvgIpc) is 2.24. The average molecular weight is 249 g/mol. The van der Waals surface area contributed by atoms with Crippen LogP contribution in [0.1, 0.15) is 55.1 Å². The van der Waals surface area contributed by atoms with Crippen molar-refractivity contribution in [2.75, 3.05) is 13.6 Å². The van der Waals surface area contributed by atoms with Crippen LogP contribution in [0.4, 0.5) is 4.39 Å². The van der Waals surface area contributed by atoms with E-state index in [0.717, 1.165) is 11.1 Å². The van der Waals surface area contributed by atoms with Crippen LogP contribution >= 0.6 is 0 Å². The van der Waals surface area contributed by atoms with E-state index < -0.39 is 0 Å². The van der Waals surface area contributed by atoms with Gasteiger partial charge in [0, 0.05) is 19.0 Å². The highest BCUT2D eigenvalue weighted by molar-refractivity contribution is 5.97. The molecule has 0 saturated carbocycles. The Morgan fingerprint density at radius 3 is 2.50 bits per heavy atom. The molecule has 3 heteroatoms. The Kier molecular flexibility index (Phi) is 2.96. The lowest BCUT2D eigenvalue weighted by atomic mass is 9.76. The van der Waals surface area contributed by atoms with E-state index in [1.165, 1.54) is 6.07 Å². The maximum Gasteiger partial charge on any atom is 0.256 e. The Balaban J connectivity index is 2.70. The highest BCUT2D eigenvalue weighted by atomic mass is 19.1. The second kappa shape index (κ2) is 4.08. The molecule has 1 aromatic carbocycles. The number of nitrogens with zero attached hydrogens (tertiary/aromatic N) is 1. The summed E-state index contributed by atoms with van der Waals surface area (Å²) in [6, 6.07) is 3.49. The zero-order valence-corrected chi connectivity index (χ0v) is 11.7.